The van der Waals surface area contributed by atoms with E-state index in [1.165, 1.54) is 6.07 Å². The molecule has 0 unspecified atom stereocenters. The zero-order valence-corrected chi connectivity index (χ0v) is 14.9. The number of anilines is 1. The number of fused-ring (bicyclic) bond motifs is 2. The molecule has 1 saturated heterocycles. The maximum atomic E-state index is 14.0. The van der Waals surface area contributed by atoms with Crippen molar-refractivity contribution in [2.75, 3.05) is 31.6 Å². The lowest BCUT2D eigenvalue weighted by Gasteiger charge is -2.38. The molecule has 2 aliphatic heterocycles. The highest BCUT2D eigenvalue weighted by molar-refractivity contribution is 6.34. The summed E-state index contributed by atoms with van der Waals surface area (Å²) in [6.45, 7) is 2.48. The van der Waals surface area contributed by atoms with Gasteiger partial charge in [-0.05, 0) is 68.9 Å². The third kappa shape index (κ3) is 2.74. The maximum absolute atomic E-state index is 14.0. The van der Waals surface area contributed by atoms with Gasteiger partial charge in [-0.2, -0.15) is 0 Å². The monoisotopic (exact) mass is 358 g/mol. The van der Waals surface area contributed by atoms with Crippen LogP contribution in [0.5, 0.6) is 0 Å². The van der Waals surface area contributed by atoms with Crippen molar-refractivity contribution < 1.29 is 9.18 Å². The lowest BCUT2D eigenvalue weighted by Crippen LogP contribution is -2.44. The fraction of sp³-hybridized carbons (Fsp3) is 0.350. The van der Waals surface area contributed by atoms with Crippen LogP contribution in [0.2, 0.25) is 5.02 Å². The van der Waals surface area contributed by atoms with Gasteiger partial charge in [-0.25, -0.2) is 4.39 Å². The summed E-state index contributed by atoms with van der Waals surface area (Å²) in [5.74, 6) is -0.363. The Morgan fingerprint density at radius 1 is 1.16 bits per heavy atom. The van der Waals surface area contributed by atoms with E-state index in [9.17, 15) is 9.18 Å². The summed E-state index contributed by atoms with van der Waals surface area (Å²) in [5.41, 5.74) is 2.10. The van der Waals surface area contributed by atoms with Crippen LogP contribution in [-0.2, 0) is 5.41 Å². The molecule has 3 nitrogen and oxygen atoms in total. The predicted octanol–water partition coefficient (Wildman–Crippen LogP) is 4.10. The van der Waals surface area contributed by atoms with Crippen LogP contribution in [0.4, 0.5) is 10.1 Å². The largest absolute Gasteiger partial charge is 0.307 e. The number of carbonyl (C=O) groups is 1. The SMILES string of the molecule is CN1CCC2(CC1)CN(C(=O)c1ccccc1Cl)c1ccc(F)cc12. The van der Waals surface area contributed by atoms with Gasteiger partial charge in [0.2, 0.25) is 0 Å². The van der Waals surface area contributed by atoms with Gasteiger partial charge in [0.1, 0.15) is 5.82 Å². The molecule has 130 valence electrons. The first-order valence-corrected chi connectivity index (χ1v) is 8.93. The van der Waals surface area contributed by atoms with Gasteiger partial charge in [-0.1, -0.05) is 23.7 Å². The second-order valence-electron chi connectivity index (χ2n) is 7.12. The Morgan fingerprint density at radius 2 is 1.88 bits per heavy atom. The van der Waals surface area contributed by atoms with Gasteiger partial charge in [0.25, 0.3) is 5.91 Å². The van der Waals surface area contributed by atoms with Crippen LogP contribution in [0.15, 0.2) is 42.5 Å². The van der Waals surface area contributed by atoms with Crippen molar-refractivity contribution in [3.8, 4) is 0 Å². The highest BCUT2D eigenvalue weighted by Crippen LogP contribution is 2.47. The number of nitrogens with zero attached hydrogens (tertiary/aromatic N) is 2. The highest BCUT2D eigenvalue weighted by Gasteiger charge is 2.46. The molecule has 2 aromatic rings. The molecule has 1 amide bonds. The second-order valence-corrected chi connectivity index (χ2v) is 7.52. The van der Waals surface area contributed by atoms with Gasteiger partial charge < -0.3 is 9.80 Å². The predicted molar refractivity (Wildman–Crippen MR) is 97.9 cm³/mol. The van der Waals surface area contributed by atoms with E-state index in [2.05, 4.69) is 11.9 Å². The molecule has 2 aliphatic rings. The summed E-state index contributed by atoms with van der Waals surface area (Å²) in [5, 5.41) is 0.445. The van der Waals surface area contributed by atoms with Crippen molar-refractivity contribution in [2.45, 2.75) is 18.3 Å². The van der Waals surface area contributed by atoms with Crippen molar-refractivity contribution in [3.05, 3.63) is 64.4 Å². The van der Waals surface area contributed by atoms with E-state index >= 15 is 0 Å². The van der Waals surface area contributed by atoms with Gasteiger partial charge in [0.15, 0.2) is 0 Å². The van der Waals surface area contributed by atoms with E-state index in [4.69, 9.17) is 11.6 Å². The Bertz CT molecular complexity index is 830. The standard InChI is InChI=1S/C20H20ClFN2O/c1-23-10-8-20(9-11-23)13-24(18-7-6-14(22)12-16(18)20)19(25)15-4-2-3-5-17(15)21/h2-7,12H,8-11,13H2,1H3. The van der Waals surface area contributed by atoms with Gasteiger partial charge in [0, 0.05) is 17.6 Å². The smallest absolute Gasteiger partial charge is 0.259 e. The number of hydrogen-bond donors (Lipinski definition) is 0. The molecule has 25 heavy (non-hydrogen) atoms. The third-order valence-electron chi connectivity index (χ3n) is 5.58. The van der Waals surface area contributed by atoms with Crippen LogP contribution in [0.1, 0.15) is 28.8 Å². The van der Waals surface area contributed by atoms with E-state index < -0.39 is 0 Å². The van der Waals surface area contributed by atoms with Crippen LogP contribution in [0.25, 0.3) is 0 Å². The normalized spacial score (nSPS) is 19.2. The van der Waals surface area contributed by atoms with Crippen molar-refractivity contribution in [1.82, 2.24) is 4.90 Å². The fourth-order valence-corrected chi connectivity index (χ4v) is 4.29. The van der Waals surface area contributed by atoms with Gasteiger partial charge in [0.05, 0.1) is 10.6 Å². The van der Waals surface area contributed by atoms with Crippen LogP contribution < -0.4 is 4.90 Å². The highest BCUT2D eigenvalue weighted by atomic mass is 35.5. The van der Waals surface area contributed by atoms with Gasteiger partial charge in [-0.15, -0.1) is 0 Å². The molecule has 5 heteroatoms. The summed E-state index contributed by atoms with van der Waals surface area (Å²) in [6.07, 6.45) is 1.85. The number of halogens is 2. The number of piperidine rings is 1. The molecule has 0 saturated carbocycles. The zero-order chi connectivity index (χ0) is 17.6. The maximum Gasteiger partial charge on any atom is 0.259 e. The van der Waals surface area contributed by atoms with Gasteiger partial charge >= 0.3 is 0 Å². The number of hydrogen-bond acceptors (Lipinski definition) is 2. The minimum Gasteiger partial charge on any atom is -0.307 e. The number of benzene rings is 2. The average Bonchev–Trinajstić information content (AvgIpc) is 2.91. The summed E-state index contributed by atoms with van der Waals surface area (Å²) in [6, 6.07) is 11.9. The molecule has 1 fully saturated rings. The Labute approximate surface area is 152 Å². The first-order chi connectivity index (χ1) is 12.0. The molecule has 2 aromatic carbocycles. The number of carbonyl (C=O) groups excluding carboxylic acids is 1. The zero-order valence-electron chi connectivity index (χ0n) is 14.1. The van der Waals surface area contributed by atoms with Gasteiger partial charge in [-0.3, -0.25) is 4.79 Å². The molecule has 0 radical (unpaired) electrons. The van der Waals surface area contributed by atoms with Crippen molar-refractivity contribution in [2.24, 2.45) is 0 Å². The van der Waals surface area contributed by atoms with Crippen molar-refractivity contribution in [1.29, 1.82) is 0 Å². The van der Waals surface area contributed by atoms with Crippen LogP contribution in [0.3, 0.4) is 0 Å². The quantitative estimate of drug-likeness (QED) is 0.766. The molecule has 4 rings (SSSR count). The number of rotatable bonds is 1. The Balaban J connectivity index is 1.76. The molecule has 0 bridgehead atoms. The fourth-order valence-electron chi connectivity index (χ4n) is 4.08. The van der Waals surface area contributed by atoms with E-state index in [0.29, 0.717) is 17.1 Å². The minimum absolute atomic E-state index is 0.116. The van der Waals surface area contributed by atoms with E-state index in [1.54, 1.807) is 29.2 Å². The molecule has 2 heterocycles. The molecule has 0 N–H and O–H groups in total. The summed E-state index contributed by atoms with van der Waals surface area (Å²) < 4.78 is 14.0. The average molecular weight is 359 g/mol. The van der Waals surface area contributed by atoms with Crippen LogP contribution in [0, 0.1) is 5.82 Å². The lowest BCUT2D eigenvalue weighted by atomic mass is 9.74. The van der Waals surface area contributed by atoms with E-state index in [-0.39, 0.29) is 17.1 Å². The number of likely N-dealkylation sites (tertiary alicyclic amines) is 1. The first-order valence-electron chi connectivity index (χ1n) is 8.55. The molecular formula is C20H20ClFN2O. The summed E-state index contributed by atoms with van der Waals surface area (Å²) >= 11 is 6.23. The summed E-state index contributed by atoms with van der Waals surface area (Å²) in [4.78, 5) is 17.2. The van der Waals surface area contributed by atoms with Crippen LogP contribution in [-0.4, -0.2) is 37.5 Å². The van der Waals surface area contributed by atoms with E-state index in [0.717, 1.165) is 37.2 Å². The molecule has 0 aromatic heterocycles. The van der Waals surface area contributed by atoms with E-state index in [1.807, 2.05) is 12.1 Å². The molecular weight excluding hydrogens is 339 g/mol. The minimum atomic E-state index is -0.246. The number of amides is 1. The Kier molecular flexibility index (Phi) is 4.05. The molecule has 0 atom stereocenters. The Morgan fingerprint density at radius 3 is 2.60 bits per heavy atom. The third-order valence-corrected chi connectivity index (χ3v) is 5.90. The lowest BCUT2D eigenvalue weighted by molar-refractivity contribution is 0.0979. The topological polar surface area (TPSA) is 23.6 Å². The first kappa shape index (κ1) is 16.6. The van der Waals surface area contributed by atoms with Crippen molar-refractivity contribution in [3.63, 3.8) is 0 Å². The van der Waals surface area contributed by atoms with Crippen molar-refractivity contribution >= 4 is 23.2 Å². The Hall–Kier alpha value is -1.91. The van der Waals surface area contributed by atoms with Crippen LogP contribution >= 0.6 is 11.6 Å². The second kappa shape index (κ2) is 6.11. The summed E-state index contributed by atoms with van der Waals surface area (Å²) in [7, 11) is 2.10. The molecule has 0 aliphatic carbocycles. The molecule has 1 spiro atoms.